The van der Waals surface area contributed by atoms with Crippen molar-refractivity contribution < 1.29 is 0 Å². The molecule has 1 fully saturated rings. The summed E-state index contributed by atoms with van der Waals surface area (Å²) in [7, 11) is 0. The van der Waals surface area contributed by atoms with Crippen molar-refractivity contribution in [2.75, 3.05) is 18.0 Å². The molecule has 2 nitrogen and oxygen atoms in total. The van der Waals surface area contributed by atoms with Crippen LogP contribution in [-0.2, 0) is 6.42 Å². The highest BCUT2D eigenvalue weighted by Crippen LogP contribution is 2.24. The maximum atomic E-state index is 4.63. The van der Waals surface area contributed by atoms with Crippen LogP contribution < -0.4 is 4.90 Å². The summed E-state index contributed by atoms with van der Waals surface area (Å²) in [5, 5.41) is 3.44. The molecule has 0 N–H and O–H groups in total. The number of aryl methyl sites for hydroxylation is 1. The molecule has 0 aliphatic carbocycles. The third-order valence-electron chi connectivity index (χ3n) is 2.42. The Morgan fingerprint density at radius 2 is 2.23 bits per heavy atom. The second kappa shape index (κ2) is 4.09. The van der Waals surface area contributed by atoms with E-state index in [2.05, 4.69) is 22.2 Å². The van der Waals surface area contributed by atoms with Gasteiger partial charge in [-0.3, -0.25) is 0 Å². The van der Waals surface area contributed by atoms with Crippen molar-refractivity contribution in [2.24, 2.45) is 0 Å². The molecule has 0 radical (unpaired) electrons. The van der Waals surface area contributed by atoms with Gasteiger partial charge in [-0.2, -0.15) is 0 Å². The topological polar surface area (TPSA) is 16.1 Å². The van der Waals surface area contributed by atoms with E-state index in [4.69, 9.17) is 0 Å². The molecule has 0 amide bonds. The molecule has 72 valence electrons. The van der Waals surface area contributed by atoms with Crippen molar-refractivity contribution in [3.05, 3.63) is 11.1 Å². The van der Waals surface area contributed by atoms with Crippen LogP contribution in [0.1, 0.15) is 31.9 Å². The minimum absolute atomic E-state index is 1.13. The van der Waals surface area contributed by atoms with Crippen LogP contribution in [0.3, 0.4) is 0 Å². The highest BCUT2D eigenvalue weighted by atomic mass is 32.1. The zero-order valence-corrected chi connectivity index (χ0v) is 8.94. The molecule has 13 heavy (non-hydrogen) atoms. The molecule has 0 bridgehead atoms. The van der Waals surface area contributed by atoms with E-state index in [1.807, 2.05) is 0 Å². The number of hydrogen-bond acceptors (Lipinski definition) is 3. The zero-order valence-electron chi connectivity index (χ0n) is 8.12. The standard InChI is InChI=1S/C10H16N2S/c1-2-5-9-8-13-10(11-9)12-6-3-4-7-12/h8H,2-7H2,1H3. The van der Waals surface area contributed by atoms with Crippen molar-refractivity contribution in [2.45, 2.75) is 32.6 Å². The molecule has 2 heterocycles. The van der Waals surface area contributed by atoms with Gasteiger partial charge in [-0.05, 0) is 19.3 Å². The summed E-state index contributed by atoms with van der Waals surface area (Å²) >= 11 is 1.80. The molecule has 1 aliphatic heterocycles. The predicted molar refractivity (Wildman–Crippen MR) is 57.6 cm³/mol. The zero-order chi connectivity index (χ0) is 9.10. The van der Waals surface area contributed by atoms with Crippen LogP contribution in [0.2, 0.25) is 0 Å². The molecule has 2 rings (SSSR count). The second-order valence-electron chi connectivity index (χ2n) is 3.57. The van der Waals surface area contributed by atoms with Gasteiger partial charge in [0.2, 0.25) is 0 Å². The van der Waals surface area contributed by atoms with Crippen molar-refractivity contribution in [1.82, 2.24) is 4.98 Å². The van der Waals surface area contributed by atoms with Crippen LogP contribution in [0.4, 0.5) is 5.13 Å². The lowest BCUT2D eigenvalue weighted by Crippen LogP contribution is -2.17. The van der Waals surface area contributed by atoms with Crippen LogP contribution in [0.25, 0.3) is 0 Å². The number of nitrogens with zero attached hydrogens (tertiary/aromatic N) is 2. The minimum atomic E-state index is 1.13. The summed E-state index contributed by atoms with van der Waals surface area (Å²) < 4.78 is 0. The molecule has 0 aromatic carbocycles. The van der Waals surface area contributed by atoms with E-state index in [0.717, 1.165) is 6.42 Å². The largest absolute Gasteiger partial charge is 0.348 e. The third-order valence-corrected chi connectivity index (χ3v) is 3.37. The van der Waals surface area contributed by atoms with Gasteiger partial charge in [-0.1, -0.05) is 13.3 Å². The highest BCUT2D eigenvalue weighted by Gasteiger charge is 2.14. The van der Waals surface area contributed by atoms with E-state index in [1.165, 1.54) is 43.2 Å². The Labute approximate surface area is 83.6 Å². The fourth-order valence-electron chi connectivity index (χ4n) is 1.72. The third kappa shape index (κ3) is 2.02. The fraction of sp³-hybridized carbons (Fsp3) is 0.700. The first-order valence-corrected chi connectivity index (χ1v) is 5.97. The number of anilines is 1. The quantitative estimate of drug-likeness (QED) is 0.739. The highest BCUT2D eigenvalue weighted by molar-refractivity contribution is 7.13. The van der Waals surface area contributed by atoms with Crippen LogP contribution in [0.5, 0.6) is 0 Å². The number of rotatable bonds is 3. The predicted octanol–water partition coefficient (Wildman–Crippen LogP) is 2.70. The molecule has 0 atom stereocenters. The van der Waals surface area contributed by atoms with Crippen molar-refractivity contribution in [3.63, 3.8) is 0 Å². The van der Waals surface area contributed by atoms with Crippen molar-refractivity contribution >= 4 is 16.5 Å². The minimum Gasteiger partial charge on any atom is -0.348 e. The number of hydrogen-bond donors (Lipinski definition) is 0. The SMILES string of the molecule is CCCc1csc(N2CCCC2)n1. The van der Waals surface area contributed by atoms with Crippen LogP contribution in [-0.4, -0.2) is 18.1 Å². The average Bonchev–Trinajstić information content (AvgIpc) is 2.70. The van der Waals surface area contributed by atoms with Gasteiger partial charge in [0.1, 0.15) is 0 Å². The first-order valence-electron chi connectivity index (χ1n) is 5.09. The van der Waals surface area contributed by atoms with Crippen molar-refractivity contribution in [1.29, 1.82) is 0 Å². The van der Waals surface area contributed by atoms with E-state index in [1.54, 1.807) is 11.3 Å². The molecule has 1 saturated heterocycles. The van der Waals surface area contributed by atoms with Gasteiger partial charge in [0.25, 0.3) is 0 Å². The summed E-state index contributed by atoms with van der Waals surface area (Å²) in [6.07, 6.45) is 5.00. The first kappa shape index (κ1) is 9.00. The van der Waals surface area contributed by atoms with Gasteiger partial charge in [-0.15, -0.1) is 11.3 Å². The van der Waals surface area contributed by atoms with Gasteiger partial charge in [-0.25, -0.2) is 4.98 Å². The smallest absolute Gasteiger partial charge is 0.185 e. The Kier molecular flexibility index (Phi) is 2.83. The lowest BCUT2D eigenvalue weighted by atomic mass is 10.3. The average molecular weight is 196 g/mol. The summed E-state index contributed by atoms with van der Waals surface area (Å²) in [5.41, 5.74) is 1.27. The maximum absolute atomic E-state index is 4.63. The molecule has 0 spiro atoms. The maximum Gasteiger partial charge on any atom is 0.185 e. The Bertz CT molecular complexity index is 264. The summed E-state index contributed by atoms with van der Waals surface area (Å²) in [4.78, 5) is 7.03. The van der Waals surface area contributed by atoms with E-state index in [0.29, 0.717) is 0 Å². The van der Waals surface area contributed by atoms with Gasteiger partial charge in [0.05, 0.1) is 5.69 Å². The van der Waals surface area contributed by atoms with Crippen LogP contribution in [0.15, 0.2) is 5.38 Å². The summed E-state index contributed by atoms with van der Waals surface area (Å²) in [5.74, 6) is 0. The molecule has 1 aromatic heterocycles. The summed E-state index contributed by atoms with van der Waals surface area (Å²) in [6, 6.07) is 0. The number of aromatic nitrogens is 1. The second-order valence-corrected chi connectivity index (χ2v) is 4.40. The van der Waals surface area contributed by atoms with Crippen LogP contribution in [0, 0.1) is 0 Å². The van der Waals surface area contributed by atoms with Gasteiger partial charge < -0.3 is 4.90 Å². The molecular weight excluding hydrogens is 180 g/mol. The van der Waals surface area contributed by atoms with Crippen molar-refractivity contribution in [3.8, 4) is 0 Å². The normalized spacial score (nSPS) is 16.8. The number of thiazole rings is 1. The Balaban J connectivity index is 2.03. The Morgan fingerprint density at radius 1 is 1.46 bits per heavy atom. The van der Waals surface area contributed by atoms with Gasteiger partial charge >= 0.3 is 0 Å². The van der Waals surface area contributed by atoms with Gasteiger partial charge in [0.15, 0.2) is 5.13 Å². The molecule has 1 aromatic rings. The Morgan fingerprint density at radius 3 is 2.92 bits per heavy atom. The molecule has 3 heteroatoms. The lowest BCUT2D eigenvalue weighted by molar-refractivity contribution is 0.878. The Hall–Kier alpha value is -0.570. The van der Waals surface area contributed by atoms with E-state index >= 15 is 0 Å². The van der Waals surface area contributed by atoms with E-state index in [-0.39, 0.29) is 0 Å². The van der Waals surface area contributed by atoms with E-state index < -0.39 is 0 Å². The van der Waals surface area contributed by atoms with Gasteiger partial charge in [0, 0.05) is 18.5 Å². The lowest BCUT2D eigenvalue weighted by Gasteiger charge is -2.12. The molecule has 1 aliphatic rings. The fourth-order valence-corrected chi connectivity index (χ4v) is 2.63. The summed E-state index contributed by atoms with van der Waals surface area (Å²) in [6.45, 7) is 4.62. The molecule has 0 saturated carbocycles. The monoisotopic (exact) mass is 196 g/mol. The van der Waals surface area contributed by atoms with E-state index in [9.17, 15) is 0 Å². The first-order chi connectivity index (χ1) is 6.40. The molecular formula is C10H16N2S. The van der Waals surface area contributed by atoms with Crippen LogP contribution >= 0.6 is 11.3 Å². The molecule has 0 unspecified atom stereocenters.